The number of hydrogen-bond acceptors (Lipinski definition) is 10. The third-order valence-corrected chi connectivity index (χ3v) is 7.03. The number of hydrogen-bond donors (Lipinski definition) is 1. The van der Waals surface area contributed by atoms with Gasteiger partial charge in [0.25, 0.3) is 0 Å². The summed E-state index contributed by atoms with van der Waals surface area (Å²) in [5.74, 6) is -1.26. The lowest BCUT2D eigenvalue weighted by atomic mass is 9.90. The van der Waals surface area contributed by atoms with Crippen molar-refractivity contribution in [2.45, 2.75) is 106 Å². The van der Waals surface area contributed by atoms with Crippen LogP contribution in [0.25, 0.3) is 0 Å². The molecule has 3 atom stereocenters. The topological polar surface area (TPSA) is 126 Å². The molecule has 0 aliphatic rings. The zero-order valence-corrected chi connectivity index (χ0v) is 25.7. The quantitative estimate of drug-likeness (QED) is 0.219. The molecule has 0 aliphatic heterocycles. The maximum Gasteiger partial charge on any atom is 0.508 e. The average molecular weight is 566 g/mol. The molecule has 0 radical (unpaired) electrons. The third kappa shape index (κ3) is 10.8. The van der Waals surface area contributed by atoms with Gasteiger partial charge in [-0.1, -0.05) is 26.8 Å². The van der Waals surface area contributed by atoms with E-state index in [4.69, 9.17) is 23.7 Å². The second-order valence-corrected chi connectivity index (χ2v) is 11.2. The number of methoxy groups -OCH3 is 1. The Kier molecular flexibility index (Phi) is 13.6. The highest BCUT2D eigenvalue weighted by Gasteiger charge is 2.32. The highest BCUT2D eigenvalue weighted by molar-refractivity contribution is 5.81. The van der Waals surface area contributed by atoms with E-state index in [2.05, 4.69) is 5.32 Å². The van der Waals surface area contributed by atoms with Gasteiger partial charge < -0.3 is 29.0 Å². The van der Waals surface area contributed by atoms with Crippen LogP contribution in [0, 0.1) is 10.8 Å². The van der Waals surface area contributed by atoms with Crippen LogP contribution in [0.5, 0.6) is 11.5 Å². The van der Waals surface area contributed by atoms with E-state index in [9.17, 15) is 19.2 Å². The van der Waals surface area contributed by atoms with Crippen LogP contribution in [0.15, 0.2) is 18.2 Å². The van der Waals surface area contributed by atoms with Crippen molar-refractivity contribution in [3.8, 4) is 11.5 Å². The molecule has 0 saturated carbocycles. The minimum absolute atomic E-state index is 0.0809. The van der Waals surface area contributed by atoms with E-state index >= 15 is 0 Å². The maximum absolute atomic E-state index is 12.9. The minimum Gasteiger partial charge on any atom is -0.468 e. The molecule has 40 heavy (non-hydrogen) atoms. The van der Waals surface area contributed by atoms with Crippen molar-refractivity contribution in [2.24, 2.45) is 10.8 Å². The molecule has 0 amide bonds. The Morgan fingerprint density at radius 1 is 0.825 bits per heavy atom. The molecule has 10 nitrogen and oxygen atoms in total. The second-order valence-electron chi connectivity index (χ2n) is 11.2. The lowest BCUT2D eigenvalue weighted by Gasteiger charge is -2.24. The highest BCUT2D eigenvalue weighted by Crippen LogP contribution is 2.34. The van der Waals surface area contributed by atoms with Gasteiger partial charge >= 0.3 is 24.1 Å². The van der Waals surface area contributed by atoms with Gasteiger partial charge in [-0.25, -0.2) is 4.79 Å². The van der Waals surface area contributed by atoms with Gasteiger partial charge in [-0.2, -0.15) is 0 Å². The van der Waals surface area contributed by atoms with Gasteiger partial charge in [-0.3, -0.25) is 14.4 Å². The Bertz CT molecular complexity index is 1020. The fraction of sp³-hybridized carbons (Fsp3) is 0.667. The zero-order chi connectivity index (χ0) is 30.7. The number of benzene rings is 1. The number of rotatable bonds is 15. The molecule has 0 fully saturated rings. The van der Waals surface area contributed by atoms with E-state index in [1.54, 1.807) is 59.7 Å². The number of esters is 3. The van der Waals surface area contributed by atoms with Gasteiger partial charge in [0.1, 0.15) is 18.2 Å². The molecule has 1 aromatic carbocycles. The molecule has 2 unspecified atom stereocenters. The lowest BCUT2D eigenvalue weighted by Crippen LogP contribution is -2.43. The number of nitrogens with one attached hydrogen (secondary N) is 1. The molecule has 1 rings (SSSR count). The molecule has 0 aromatic heterocycles. The van der Waals surface area contributed by atoms with Crippen LogP contribution in [0.3, 0.4) is 0 Å². The molecule has 0 saturated heterocycles. The van der Waals surface area contributed by atoms with E-state index in [0.29, 0.717) is 24.8 Å². The Morgan fingerprint density at radius 3 is 1.85 bits per heavy atom. The normalized spacial score (nSPS) is 13.9. The van der Waals surface area contributed by atoms with Crippen molar-refractivity contribution >= 4 is 24.1 Å². The van der Waals surface area contributed by atoms with E-state index in [1.807, 2.05) is 20.8 Å². The van der Waals surface area contributed by atoms with Crippen LogP contribution in [0.1, 0.15) is 87.1 Å². The molecule has 1 aromatic rings. The fourth-order valence-electron chi connectivity index (χ4n) is 3.01. The maximum atomic E-state index is 12.9. The van der Waals surface area contributed by atoms with Crippen LogP contribution in [0.2, 0.25) is 0 Å². The molecule has 0 heterocycles. The third-order valence-electron chi connectivity index (χ3n) is 7.03. The van der Waals surface area contributed by atoms with Crippen molar-refractivity contribution in [1.29, 1.82) is 0 Å². The van der Waals surface area contributed by atoms with E-state index in [1.165, 1.54) is 7.11 Å². The zero-order valence-electron chi connectivity index (χ0n) is 25.7. The van der Waals surface area contributed by atoms with Crippen LogP contribution in [0.4, 0.5) is 4.79 Å². The molecule has 0 aliphatic carbocycles. The van der Waals surface area contributed by atoms with Gasteiger partial charge in [0.15, 0.2) is 11.5 Å². The van der Waals surface area contributed by atoms with Gasteiger partial charge in [0, 0.05) is 6.54 Å². The molecule has 0 bridgehead atoms. The molecule has 10 heteroatoms. The lowest BCUT2D eigenvalue weighted by molar-refractivity contribution is -0.147. The summed E-state index contributed by atoms with van der Waals surface area (Å²) in [7, 11) is 1.28. The average Bonchev–Trinajstić information content (AvgIpc) is 2.91. The summed E-state index contributed by atoms with van der Waals surface area (Å²) >= 11 is 0. The first kappa shape index (κ1) is 34.9. The molecule has 1 N–H and O–H groups in total. The Balaban J connectivity index is 3.17. The first-order chi connectivity index (χ1) is 18.6. The summed E-state index contributed by atoms with van der Waals surface area (Å²) in [4.78, 5) is 50.1. The van der Waals surface area contributed by atoms with E-state index in [0.717, 1.165) is 0 Å². The van der Waals surface area contributed by atoms with Crippen LogP contribution in [-0.4, -0.2) is 56.0 Å². The largest absolute Gasteiger partial charge is 0.508 e. The van der Waals surface area contributed by atoms with Crippen LogP contribution in [-0.2, 0) is 35.0 Å². The highest BCUT2D eigenvalue weighted by atomic mass is 16.7. The standard InChI is InChI=1S/C30H47NO9/c1-11-19(4)37-28(35)38-20(5)18-31-22(25(32)36-10)16-21-14-15-23(39-26(33)29(6,7)12-2)24(17-21)40-27(34)30(8,9)13-3/h14-15,17,19-20,22,31H,11-13,16,18H2,1-10H3/t19?,20?,22-/m0/s1. The summed E-state index contributed by atoms with van der Waals surface area (Å²) in [6, 6.07) is 4.01. The molecule has 226 valence electrons. The predicted octanol–water partition coefficient (Wildman–Crippen LogP) is 5.38. The number of ether oxygens (including phenoxy) is 5. The van der Waals surface area contributed by atoms with Gasteiger partial charge in [0.2, 0.25) is 0 Å². The fourth-order valence-corrected chi connectivity index (χ4v) is 3.01. The number of carbonyl (C=O) groups excluding carboxylic acids is 4. The summed E-state index contributed by atoms with van der Waals surface area (Å²) in [6.45, 7) is 16.3. The van der Waals surface area contributed by atoms with Crippen LogP contribution >= 0.6 is 0 Å². The molecular formula is C30H47NO9. The first-order valence-corrected chi connectivity index (χ1v) is 13.9. The van der Waals surface area contributed by atoms with Crippen molar-refractivity contribution < 1.29 is 42.9 Å². The summed E-state index contributed by atoms with van der Waals surface area (Å²) < 4.78 is 26.7. The SMILES string of the molecule is CCC(C)OC(=O)OC(C)CN[C@@H](Cc1ccc(OC(=O)C(C)(C)CC)c(OC(=O)C(C)(C)CC)c1)C(=O)OC. The molecule has 0 spiro atoms. The monoisotopic (exact) mass is 565 g/mol. The Morgan fingerprint density at radius 2 is 1.35 bits per heavy atom. The smallest absolute Gasteiger partial charge is 0.468 e. The second kappa shape index (κ2) is 15.6. The van der Waals surface area contributed by atoms with Gasteiger partial charge in [0.05, 0.1) is 17.9 Å². The van der Waals surface area contributed by atoms with Crippen molar-refractivity contribution in [1.82, 2.24) is 5.32 Å². The van der Waals surface area contributed by atoms with Crippen LogP contribution < -0.4 is 14.8 Å². The van der Waals surface area contributed by atoms with E-state index in [-0.39, 0.29) is 30.6 Å². The van der Waals surface area contributed by atoms with Crippen molar-refractivity contribution in [2.75, 3.05) is 13.7 Å². The minimum atomic E-state index is -0.801. The Hall–Kier alpha value is -3.14. The summed E-state index contributed by atoms with van der Waals surface area (Å²) in [5.41, 5.74) is -0.871. The summed E-state index contributed by atoms with van der Waals surface area (Å²) in [6.07, 6.45) is 0.295. The number of carbonyl (C=O) groups is 4. The predicted molar refractivity (Wildman–Crippen MR) is 150 cm³/mol. The van der Waals surface area contributed by atoms with Crippen molar-refractivity contribution in [3.63, 3.8) is 0 Å². The van der Waals surface area contributed by atoms with Crippen molar-refractivity contribution in [3.05, 3.63) is 23.8 Å². The van der Waals surface area contributed by atoms with E-state index < -0.39 is 47.0 Å². The molecular weight excluding hydrogens is 518 g/mol. The van der Waals surface area contributed by atoms with Gasteiger partial charge in [-0.15, -0.1) is 0 Å². The first-order valence-electron chi connectivity index (χ1n) is 13.9. The summed E-state index contributed by atoms with van der Waals surface area (Å²) in [5, 5.41) is 3.06. The Labute approximate surface area is 238 Å². The van der Waals surface area contributed by atoms with Gasteiger partial charge in [-0.05, 0) is 84.9 Å².